The molecule has 27 heavy (non-hydrogen) atoms. The lowest BCUT2D eigenvalue weighted by Gasteiger charge is -2.20. The topological polar surface area (TPSA) is 96.6 Å². The van der Waals surface area contributed by atoms with Gasteiger partial charge in [-0.05, 0) is 44.9 Å². The van der Waals surface area contributed by atoms with E-state index in [-0.39, 0.29) is 6.61 Å². The molecule has 1 atom stereocenters. The zero-order valence-electron chi connectivity index (χ0n) is 17.7. The molecular formula is C19H38N6O2. The van der Waals surface area contributed by atoms with Gasteiger partial charge in [0.1, 0.15) is 12.4 Å². The zero-order chi connectivity index (χ0) is 20.1. The number of aliphatic hydroxyl groups is 1. The molecule has 1 heterocycles. The average Bonchev–Trinajstić information content (AvgIpc) is 2.94. The lowest BCUT2D eigenvalue weighted by atomic mass is 9.94. The summed E-state index contributed by atoms with van der Waals surface area (Å²) in [6.45, 7) is 12.1. The van der Waals surface area contributed by atoms with E-state index in [9.17, 15) is 5.11 Å². The van der Waals surface area contributed by atoms with E-state index >= 15 is 0 Å². The van der Waals surface area contributed by atoms with Crippen LogP contribution in [0.4, 0.5) is 0 Å². The minimum atomic E-state index is 0.214. The maximum atomic E-state index is 9.32. The summed E-state index contributed by atoms with van der Waals surface area (Å²) in [5.74, 6) is 3.49. The number of nitrogens with zero attached hydrogens (tertiary/aromatic N) is 4. The van der Waals surface area contributed by atoms with Gasteiger partial charge in [0, 0.05) is 40.0 Å². The highest BCUT2D eigenvalue weighted by Gasteiger charge is 2.12. The Morgan fingerprint density at radius 1 is 1.30 bits per heavy atom. The van der Waals surface area contributed by atoms with Crippen molar-refractivity contribution in [3.05, 3.63) is 11.6 Å². The van der Waals surface area contributed by atoms with E-state index in [2.05, 4.69) is 39.7 Å². The minimum absolute atomic E-state index is 0.214. The number of rotatable bonds is 13. The van der Waals surface area contributed by atoms with Crippen molar-refractivity contribution < 1.29 is 9.84 Å². The molecule has 0 aliphatic carbocycles. The Kier molecular flexibility index (Phi) is 11.7. The van der Waals surface area contributed by atoms with Crippen LogP contribution in [0.2, 0.25) is 0 Å². The van der Waals surface area contributed by atoms with Crippen molar-refractivity contribution in [1.82, 2.24) is 25.4 Å². The maximum absolute atomic E-state index is 9.32. The molecule has 0 spiro atoms. The van der Waals surface area contributed by atoms with Crippen LogP contribution in [-0.4, -0.2) is 58.7 Å². The number of aliphatic imine (C=N–C) groups is 1. The Labute approximate surface area is 163 Å². The van der Waals surface area contributed by atoms with Crippen LogP contribution < -0.4 is 10.6 Å². The number of nitrogens with one attached hydrogen (secondary N) is 2. The molecule has 0 saturated carbocycles. The van der Waals surface area contributed by atoms with Gasteiger partial charge in [-0.2, -0.15) is 0 Å². The van der Waals surface area contributed by atoms with E-state index in [1.54, 1.807) is 0 Å². The van der Waals surface area contributed by atoms with Gasteiger partial charge in [-0.1, -0.05) is 13.8 Å². The monoisotopic (exact) mass is 382 g/mol. The highest BCUT2D eigenvalue weighted by Crippen LogP contribution is 2.14. The third-order valence-electron chi connectivity index (χ3n) is 4.42. The van der Waals surface area contributed by atoms with Gasteiger partial charge in [-0.15, -0.1) is 10.2 Å². The first-order valence-corrected chi connectivity index (χ1v) is 10.0. The average molecular weight is 383 g/mol. The standard InChI is InChI=1S/C19H38N6O2/c1-6-27-11-7-9-20-19(21-13-17(8-10-26)12-15(2)3)22-14-18-24-23-16(4)25(18)5/h15,17,26H,6-14H2,1-5H3,(H2,20,21,22). The molecule has 1 rings (SSSR count). The number of hydrogen-bond donors (Lipinski definition) is 3. The first kappa shape index (κ1) is 23.4. The summed E-state index contributed by atoms with van der Waals surface area (Å²) < 4.78 is 7.34. The number of aryl methyl sites for hydroxylation is 1. The maximum Gasteiger partial charge on any atom is 0.191 e. The van der Waals surface area contributed by atoms with Crippen LogP contribution in [0.15, 0.2) is 4.99 Å². The highest BCUT2D eigenvalue weighted by molar-refractivity contribution is 5.79. The third kappa shape index (κ3) is 9.72. The highest BCUT2D eigenvalue weighted by atomic mass is 16.5. The molecule has 0 fully saturated rings. The first-order valence-electron chi connectivity index (χ1n) is 10.0. The van der Waals surface area contributed by atoms with Gasteiger partial charge in [0.15, 0.2) is 11.8 Å². The van der Waals surface area contributed by atoms with E-state index in [0.717, 1.165) is 63.2 Å². The normalized spacial score (nSPS) is 13.2. The van der Waals surface area contributed by atoms with Crippen LogP contribution in [0.3, 0.4) is 0 Å². The van der Waals surface area contributed by atoms with Gasteiger partial charge in [0.25, 0.3) is 0 Å². The Morgan fingerprint density at radius 2 is 2.07 bits per heavy atom. The lowest BCUT2D eigenvalue weighted by Crippen LogP contribution is -2.41. The fraction of sp³-hybridized carbons (Fsp3) is 0.842. The summed E-state index contributed by atoms with van der Waals surface area (Å²) in [4.78, 5) is 4.66. The Bertz CT molecular complexity index is 544. The van der Waals surface area contributed by atoms with E-state index in [1.807, 2.05) is 25.5 Å². The predicted molar refractivity (Wildman–Crippen MR) is 109 cm³/mol. The summed E-state index contributed by atoms with van der Waals surface area (Å²) in [7, 11) is 1.95. The molecule has 8 nitrogen and oxygen atoms in total. The molecule has 1 unspecified atom stereocenters. The van der Waals surface area contributed by atoms with Crippen molar-refractivity contribution in [2.24, 2.45) is 23.9 Å². The molecule has 8 heteroatoms. The Morgan fingerprint density at radius 3 is 2.67 bits per heavy atom. The van der Waals surface area contributed by atoms with Gasteiger partial charge in [-0.3, -0.25) is 0 Å². The van der Waals surface area contributed by atoms with Crippen molar-refractivity contribution in [2.75, 3.05) is 32.9 Å². The molecule has 1 aromatic heterocycles. The summed E-state index contributed by atoms with van der Waals surface area (Å²) in [6.07, 6.45) is 2.79. The third-order valence-corrected chi connectivity index (χ3v) is 4.42. The molecular weight excluding hydrogens is 344 g/mol. The van der Waals surface area contributed by atoms with Gasteiger partial charge < -0.3 is 25.0 Å². The Hall–Kier alpha value is -1.67. The van der Waals surface area contributed by atoms with Crippen LogP contribution in [0.5, 0.6) is 0 Å². The molecule has 156 valence electrons. The van der Waals surface area contributed by atoms with Crippen molar-refractivity contribution in [1.29, 1.82) is 0 Å². The van der Waals surface area contributed by atoms with Crippen molar-refractivity contribution in [3.63, 3.8) is 0 Å². The van der Waals surface area contributed by atoms with Crippen LogP contribution in [0.25, 0.3) is 0 Å². The molecule has 0 bridgehead atoms. The van der Waals surface area contributed by atoms with E-state index in [4.69, 9.17) is 4.74 Å². The van der Waals surface area contributed by atoms with Crippen molar-refractivity contribution in [3.8, 4) is 0 Å². The molecule has 0 radical (unpaired) electrons. The van der Waals surface area contributed by atoms with Gasteiger partial charge in [0.2, 0.25) is 0 Å². The lowest BCUT2D eigenvalue weighted by molar-refractivity contribution is 0.145. The summed E-state index contributed by atoms with van der Waals surface area (Å²) in [5.41, 5.74) is 0. The number of aliphatic hydroxyl groups excluding tert-OH is 1. The second-order valence-corrected chi connectivity index (χ2v) is 7.25. The van der Waals surface area contributed by atoms with Gasteiger partial charge in [0.05, 0.1) is 0 Å². The SMILES string of the molecule is CCOCCCNC(=NCc1nnc(C)n1C)NCC(CCO)CC(C)C. The number of guanidine groups is 1. The molecule has 0 aliphatic heterocycles. The predicted octanol–water partition coefficient (Wildman–Crippen LogP) is 1.63. The molecule has 1 aromatic rings. The number of hydrogen-bond acceptors (Lipinski definition) is 5. The van der Waals surface area contributed by atoms with Crippen LogP contribution in [0, 0.1) is 18.8 Å². The molecule has 3 N–H and O–H groups in total. The second-order valence-electron chi connectivity index (χ2n) is 7.25. The number of ether oxygens (including phenoxy) is 1. The van der Waals surface area contributed by atoms with E-state index in [0.29, 0.717) is 18.4 Å². The summed E-state index contributed by atoms with van der Waals surface area (Å²) in [6, 6.07) is 0. The second kappa shape index (κ2) is 13.5. The molecule has 0 amide bonds. The first-order chi connectivity index (χ1) is 13.0. The summed E-state index contributed by atoms with van der Waals surface area (Å²) >= 11 is 0. The molecule has 0 aliphatic rings. The van der Waals surface area contributed by atoms with Crippen LogP contribution >= 0.6 is 0 Å². The number of aromatic nitrogens is 3. The fourth-order valence-electron chi connectivity index (χ4n) is 2.83. The quantitative estimate of drug-likeness (QED) is 0.273. The fourth-order valence-corrected chi connectivity index (χ4v) is 2.83. The molecule has 0 aromatic carbocycles. The van der Waals surface area contributed by atoms with E-state index < -0.39 is 0 Å². The Balaban J connectivity index is 2.64. The van der Waals surface area contributed by atoms with Gasteiger partial charge in [-0.25, -0.2) is 4.99 Å². The largest absolute Gasteiger partial charge is 0.396 e. The van der Waals surface area contributed by atoms with Crippen molar-refractivity contribution in [2.45, 2.75) is 53.5 Å². The summed E-state index contributed by atoms with van der Waals surface area (Å²) in [5, 5.41) is 24.4. The van der Waals surface area contributed by atoms with Gasteiger partial charge >= 0.3 is 0 Å². The van der Waals surface area contributed by atoms with E-state index in [1.165, 1.54) is 0 Å². The minimum Gasteiger partial charge on any atom is -0.396 e. The van der Waals surface area contributed by atoms with Crippen molar-refractivity contribution >= 4 is 5.96 Å². The zero-order valence-corrected chi connectivity index (χ0v) is 17.7. The van der Waals surface area contributed by atoms with Crippen LogP contribution in [-0.2, 0) is 18.3 Å². The smallest absolute Gasteiger partial charge is 0.191 e. The van der Waals surface area contributed by atoms with Crippen LogP contribution in [0.1, 0.15) is 51.7 Å². The molecule has 0 saturated heterocycles.